The zero-order chi connectivity index (χ0) is 20.8. The fourth-order valence-corrected chi connectivity index (χ4v) is 3.18. The van der Waals surface area contributed by atoms with Crippen molar-refractivity contribution in [3.63, 3.8) is 0 Å². The lowest BCUT2D eigenvalue weighted by atomic mass is 10.1. The third kappa shape index (κ3) is 5.16. The number of likely N-dealkylation sites (N-methyl/N-ethyl adjacent to an activating group) is 1. The van der Waals surface area contributed by atoms with Gasteiger partial charge in [0.05, 0.1) is 16.8 Å². The molecule has 0 fully saturated rings. The third-order valence-electron chi connectivity index (χ3n) is 4.81. The molecule has 1 N–H and O–H groups in total. The summed E-state index contributed by atoms with van der Waals surface area (Å²) in [5, 5.41) is 7.00. The van der Waals surface area contributed by atoms with Crippen LogP contribution in [0.15, 0.2) is 59.1 Å². The minimum atomic E-state index is -0.159. The molecule has 1 atom stereocenters. The topological polar surface area (TPSA) is 67.6 Å². The molecule has 2 aromatic carbocycles. The molecule has 3 rings (SSSR count). The number of hydrogen-bond donors (Lipinski definition) is 1. The number of para-hydroxylation sites is 2. The predicted octanol–water partition coefficient (Wildman–Crippen LogP) is 4.13. The lowest BCUT2D eigenvalue weighted by molar-refractivity contribution is 0.0936. The van der Waals surface area contributed by atoms with Crippen LogP contribution in [0.5, 0.6) is 5.75 Å². The molecule has 0 spiro atoms. The SMILES string of the molecule is Cc1noc(C)c1COc1ccccc1C(=O)NC(C)CN(C)c1ccccc1. The zero-order valence-corrected chi connectivity index (χ0v) is 17.3. The van der Waals surface area contributed by atoms with Gasteiger partial charge in [0, 0.05) is 25.3 Å². The van der Waals surface area contributed by atoms with Crippen LogP contribution >= 0.6 is 0 Å². The van der Waals surface area contributed by atoms with E-state index in [-0.39, 0.29) is 11.9 Å². The summed E-state index contributed by atoms with van der Waals surface area (Å²) in [6.45, 7) is 6.71. The zero-order valence-electron chi connectivity index (χ0n) is 17.3. The van der Waals surface area contributed by atoms with Crippen LogP contribution in [0.4, 0.5) is 5.69 Å². The number of rotatable bonds is 8. The van der Waals surface area contributed by atoms with Crippen molar-refractivity contribution >= 4 is 11.6 Å². The lowest BCUT2D eigenvalue weighted by Gasteiger charge is -2.24. The molecule has 0 radical (unpaired) electrons. The molecule has 6 heteroatoms. The predicted molar refractivity (Wildman–Crippen MR) is 113 cm³/mol. The summed E-state index contributed by atoms with van der Waals surface area (Å²) < 4.78 is 11.1. The standard InChI is InChI=1S/C23H27N3O3/c1-16(14-26(4)19-10-6-5-7-11-19)24-23(27)20-12-8-9-13-22(20)28-15-21-17(2)25-29-18(21)3/h5-13,16H,14-15H2,1-4H3,(H,24,27). The van der Waals surface area contributed by atoms with Gasteiger partial charge in [0.15, 0.2) is 0 Å². The van der Waals surface area contributed by atoms with Gasteiger partial charge < -0.3 is 19.5 Å². The highest BCUT2D eigenvalue weighted by Crippen LogP contribution is 2.21. The van der Waals surface area contributed by atoms with Gasteiger partial charge in [-0.1, -0.05) is 35.5 Å². The van der Waals surface area contributed by atoms with E-state index in [1.807, 2.05) is 70.3 Å². The van der Waals surface area contributed by atoms with Gasteiger partial charge in [-0.25, -0.2) is 0 Å². The molecule has 0 saturated carbocycles. The lowest BCUT2D eigenvalue weighted by Crippen LogP contribution is -2.40. The summed E-state index contributed by atoms with van der Waals surface area (Å²) in [7, 11) is 2.01. The van der Waals surface area contributed by atoms with Gasteiger partial charge in [0.1, 0.15) is 18.1 Å². The highest BCUT2D eigenvalue weighted by molar-refractivity contribution is 5.97. The number of amides is 1. The van der Waals surface area contributed by atoms with E-state index in [0.717, 1.165) is 22.7 Å². The number of ether oxygens (including phenoxy) is 1. The van der Waals surface area contributed by atoms with Gasteiger partial charge in [0.2, 0.25) is 0 Å². The van der Waals surface area contributed by atoms with E-state index < -0.39 is 0 Å². The number of aryl methyl sites for hydroxylation is 2. The van der Waals surface area contributed by atoms with E-state index in [4.69, 9.17) is 9.26 Å². The molecule has 29 heavy (non-hydrogen) atoms. The fraction of sp³-hybridized carbons (Fsp3) is 0.304. The Labute approximate surface area is 171 Å². The van der Waals surface area contributed by atoms with Gasteiger partial charge in [-0.3, -0.25) is 4.79 Å². The number of hydrogen-bond acceptors (Lipinski definition) is 5. The van der Waals surface area contributed by atoms with E-state index >= 15 is 0 Å². The van der Waals surface area contributed by atoms with E-state index in [0.29, 0.717) is 24.5 Å². The molecule has 0 aliphatic heterocycles. The largest absolute Gasteiger partial charge is 0.488 e. The van der Waals surface area contributed by atoms with Crippen LogP contribution in [0.1, 0.15) is 34.3 Å². The quantitative estimate of drug-likeness (QED) is 0.623. The van der Waals surface area contributed by atoms with Crippen LogP contribution in [0.2, 0.25) is 0 Å². The smallest absolute Gasteiger partial charge is 0.255 e. The highest BCUT2D eigenvalue weighted by atomic mass is 16.5. The van der Waals surface area contributed by atoms with Crippen molar-refractivity contribution in [3.8, 4) is 5.75 Å². The Morgan fingerprint density at radius 1 is 1.14 bits per heavy atom. The van der Waals surface area contributed by atoms with Gasteiger partial charge in [0.25, 0.3) is 5.91 Å². The average Bonchev–Trinajstić information content (AvgIpc) is 3.04. The van der Waals surface area contributed by atoms with Crippen LogP contribution in [-0.4, -0.2) is 30.7 Å². The van der Waals surface area contributed by atoms with Gasteiger partial charge in [-0.05, 0) is 45.0 Å². The Balaban J connectivity index is 1.63. The van der Waals surface area contributed by atoms with Crippen LogP contribution in [-0.2, 0) is 6.61 Å². The number of benzene rings is 2. The molecule has 1 heterocycles. The van der Waals surface area contributed by atoms with Crippen LogP contribution < -0.4 is 15.0 Å². The highest BCUT2D eigenvalue weighted by Gasteiger charge is 2.17. The first-order valence-electron chi connectivity index (χ1n) is 9.66. The molecule has 0 aliphatic carbocycles. The number of aromatic nitrogens is 1. The maximum absolute atomic E-state index is 12.8. The summed E-state index contributed by atoms with van der Waals surface area (Å²) in [5.74, 6) is 1.10. The van der Waals surface area contributed by atoms with Crippen molar-refractivity contribution in [2.75, 3.05) is 18.5 Å². The Hall–Kier alpha value is -3.28. The van der Waals surface area contributed by atoms with E-state index in [9.17, 15) is 4.79 Å². The van der Waals surface area contributed by atoms with Crippen LogP contribution in [0, 0.1) is 13.8 Å². The molecule has 0 aliphatic rings. The van der Waals surface area contributed by atoms with Gasteiger partial charge in [-0.2, -0.15) is 0 Å². The van der Waals surface area contributed by atoms with E-state index in [2.05, 4.69) is 15.4 Å². The Kier molecular flexibility index (Phi) is 6.54. The molecule has 0 saturated heterocycles. The maximum atomic E-state index is 12.8. The summed E-state index contributed by atoms with van der Waals surface area (Å²) in [4.78, 5) is 15.0. The summed E-state index contributed by atoms with van der Waals surface area (Å²) in [6.07, 6.45) is 0. The number of nitrogens with one attached hydrogen (secondary N) is 1. The monoisotopic (exact) mass is 393 g/mol. The molecule has 6 nitrogen and oxygen atoms in total. The summed E-state index contributed by atoms with van der Waals surface area (Å²) in [6, 6.07) is 17.3. The van der Waals surface area contributed by atoms with Gasteiger partial charge in [-0.15, -0.1) is 0 Å². The summed E-state index contributed by atoms with van der Waals surface area (Å²) >= 11 is 0. The van der Waals surface area contributed by atoms with Crippen LogP contribution in [0.25, 0.3) is 0 Å². The summed E-state index contributed by atoms with van der Waals surface area (Å²) in [5.41, 5.74) is 3.31. The molecule has 1 amide bonds. The normalized spacial score (nSPS) is 11.7. The van der Waals surface area contributed by atoms with Crippen molar-refractivity contribution < 1.29 is 14.1 Å². The second-order valence-corrected chi connectivity index (χ2v) is 7.18. The molecule has 1 aromatic heterocycles. The molecular weight excluding hydrogens is 366 g/mol. The minimum Gasteiger partial charge on any atom is -0.488 e. The molecule has 3 aromatic rings. The Morgan fingerprint density at radius 2 is 1.83 bits per heavy atom. The van der Waals surface area contributed by atoms with Crippen molar-refractivity contribution in [2.24, 2.45) is 0 Å². The average molecular weight is 393 g/mol. The number of carbonyl (C=O) groups excluding carboxylic acids is 1. The second-order valence-electron chi connectivity index (χ2n) is 7.18. The second kappa shape index (κ2) is 9.28. The van der Waals surface area contributed by atoms with Gasteiger partial charge >= 0.3 is 0 Å². The van der Waals surface area contributed by atoms with Crippen molar-refractivity contribution in [2.45, 2.75) is 33.4 Å². The first kappa shape index (κ1) is 20.5. The third-order valence-corrected chi connectivity index (χ3v) is 4.81. The fourth-order valence-electron chi connectivity index (χ4n) is 3.18. The first-order valence-corrected chi connectivity index (χ1v) is 9.66. The number of nitrogens with zero attached hydrogens (tertiary/aromatic N) is 2. The number of anilines is 1. The van der Waals surface area contributed by atoms with E-state index in [1.54, 1.807) is 12.1 Å². The van der Waals surface area contributed by atoms with Crippen molar-refractivity contribution in [3.05, 3.63) is 77.2 Å². The van der Waals surface area contributed by atoms with E-state index in [1.165, 1.54) is 0 Å². The number of carbonyl (C=O) groups is 1. The first-order chi connectivity index (χ1) is 14.0. The molecule has 152 valence electrons. The van der Waals surface area contributed by atoms with Crippen molar-refractivity contribution in [1.82, 2.24) is 10.5 Å². The van der Waals surface area contributed by atoms with Crippen molar-refractivity contribution in [1.29, 1.82) is 0 Å². The Morgan fingerprint density at radius 3 is 2.52 bits per heavy atom. The molecule has 0 bridgehead atoms. The Bertz CT molecular complexity index is 934. The minimum absolute atomic E-state index is 0.0386. The maximum Gasteiger partial charge on any atom is 0.255 e. The van der Waals surface area contributed by atoms with Crippen LogP contribution in [0.3, 0.4) is 0 Å². The molecule has 1 unspecified atom stereocenters. The molecular formula is C23H27N3O3.